The number of hydrogen-bond acceptors (Lipinski definition) is 4. The van der Waals surface area contributed by atoms with Crippen molar-refractivity contribution in [1.29, 1.82) is 0 Å². The maximum Gasteiger partial charge on any atom is 0.111 e. The Balaban J connectivity index is 2.63. The Kier molecular flexibility index (Phi) is 2.49. The number of rotatable bonds is 0. The largest absolute Gasteiger partial charge is 0.388 e. The van der Waals surface area contributed by atoms with Gasteiger partial charge in [0.05, 0.1) is 12.2 Å². The van der Waals surface area contributed by atoms with Crippen molar-refractivity contribution in [2.45, 2.75) is 44.4 Å². The molecule has 0 aromatic heterocycles. The lowest BCUT2D eigenvalue weighted by Gasteiger charge is -2.37. The highest BCUT2D eigenvalue weighted by atomic mass is 16.5. The van der Waals surface area contributed by atoms with Gasteiger partial charge in [0.1, 0.15) is 18.3 Å². The van der Waals surface area contributed by atoms with Crippen LogP contribution in [0.25, 0.3) is 0 Å². The molecule has 3 N–H and O–H groups in total. The second kappa shape index (κ2) is 3.06. The molecular formula is C7H14O4. The van der Waals surface area contributed by atoms with Crippen LogP contribution in [-0.4, -0.2) is 45.8 Å². The quantitative estimate of drug-likeness (QED) is 0.422. The van der Waals surface area contributed by atoms with Crippen LogP contribution < -0.4 is 0 Å². The predicted molar refractivity (Wildman–Crippen MR) is 38.0 cm³/mol. The Morgan fingerprint density at radius 1 is 0.818 bits per heavy atom. The van der Waals surface area contributed by atoms with Crippen LogP contribution in [0.1, 0.15) is 13.8 Å². The normalized spacial score (nSPS) is 52.6. The molecule has 0 unspecified atom stereocenters. The standard InChI is InChI=1S/C7H14O4/c1-3-5(8)7(10)6(9)4(2)11-3/h3-10H,1-2H3/t3-,4+,5-,6-,7+/m1/s1. The molecule has 1 rings (SSSR count). The maximum atomic E-state index is 9.21. The van der Waals surface area contributed by atoms with E-state index < -0.39 is 30.5 Å². The lowest BCUT2D eigenvalue weighted by Crippen LogP contribution is -2.55. The number of ether oxygens (including phenoxy) is 1. The number of aliphatic hydroxyl groups excluding tert-OH is 3. The third-order valence-corrected chi connectivity index (χ3v) is 2.09. The minimum Gasteiger partial charge on any atom is -0.388 e. The van der Waals surface area contributed by atoms with Crippen LogP contribution in [0.2, 0.25) is 0 Å². The van der Waals surface area contributed by atoms with Crippen LogP contribution in [0.4, 0.5) is 0 Å². The monoisotopic (exact) mass is 162 g/mol. The minimum atomic E-state index is -1.09. The average molecular weight is 162 g/mol. The van der Waals surface area contributed by atoms with E-state index in [1.807, 2.05) is 0 Å². The summed E-state index contributed by atoms with van der Waals surface area (Å²) in [6, 6.07) is 0. The number of hydrogen-bond donors (Lipinski definition) is 3. The topological polar surface area (TPSA) is 69.9 Å². The maximum absolute atomic E-state index is 9.21. The van der Waals surface area contributed by atoms with Gasteiger partial charge < -0.3 is 20.1 Å². The van der Waals surface area contributed by atoms with E-state index in [0.717, 1.165) is 0 Å². The van der Waals surface area contributed by atoms with Gasteiger partial charge in [0, 0.05) is 0 Å². The molecule has 0 aromatic carbocycles. The van der Waals surface area contributed by atoms with Crippen LogP contribution >= 0.6 is 0 Å². The summed E-state index contributed by atoms with van der Waals surface area (Å²) in [7, 11) is 0. The predicted octanol–water partition coefficient (Wildman–Crippen LogP) is -1.12. The van der Waals surface area contributed by atoms with Gasteiger partial charge in [0.2, 0.25) is 0 Å². The molecule has 4 heteroatoms. The molecule has 0 saturated carbocycles. The van der Waals surface area contributed by atoms with Crippen molar-refractivity contribution in [3.63, 3.8) is 0 Å². The fraction of sp³-hybridized carbons (Fsp3) is 1.00. The van der Waals surface area contributed by atoms with Gasteiger partial charge in [-0.05, 0) is 13.8 Å². The fourth-order valence-electron chi connectivity index (χ4n) is 1.26. The highest BCUT2D eigenvalue weighted by Gasteiger charge is 2.39. The molecule has 1 saturated heterocycles. The van der Waals surface area contributed by atoms with Gasteiger partial charge in [-0.2, -0.15) is 0 Å². The Hall–Kier alpha value is -0.160. The molecule has 0 aliphatic carbocycles. The molecule has 11 heavy (non-hydrogen) atoms. The molecule has 1 fully saturated rings. The van der Waals surface area contributed by atoms with E-state index in [0.29, 0.717) is 0 Å². The van der Waals surface area contributed by atoms with Gasteiger partial charge in [-0.3, -0.25) is 0 Å². The first-order valence-corrected chi connectivity index (χ1v) is 3.73. The van der Waals surface area contributed by atoms with Gasteiger partial charge in [-0.25, -0.2) is 0 Å². The lowest BCUT2D eigenvalue weighted by atomic mass is 9.97. The van der Waals surface area contributed by atoms with E-state index >= 15 is 0 Å². The summed E-state index contributed by atoms with van der Waals surface area (Å²) in [6.07, 6.45) is -3.89. The van der Waals surface area contributed by atoms with Gasteiger partial charge in [-0.15, -0.1) is 0 Å². The van der Waals surface area contributed by atoms with Crippen molar-refractivity contribution < 1.29 is 20.1 Å². The first-order valence-electron chi connectivity index (χ1n) is 3.73. The molecule has 1 aliphatic rings. The third kappa shape index (κ3) is 1.54. The van der Waals surface area contributed by atoms with Gasteiger partial charge in [-0.1, -0.05) is 0 Å². The Bertz CT molecular complexity index is 124. The molecule has 0 amide bonds. The first kappa shape index (κ1) is 8.93. The van der Waals surface area contributed by atoms with E-state index in [4.69, 9.17) is 4.74 Å². The highest BCUT2D eigenvalue weighted by molar-refractivity contribution is 4.88. The minimum absolute atomic E-state index is 0.414. The summed E-state index contributed by atoms with van der Waals surface area (Å²) < 4.78 is 5.12. The summed E-state index contributed by atoms with van der Waals surface area (Å²) in [5.41, 5.74) is 0. The van der Waals surface area contributed by atoms with Gasteiger partial charge in [0.25, 0.3) is 0 Å². The molecule has 66 valence electrons. The van der Waals surface area contributed by atoms with E-state index in [1.54, 1.807) is 13.8 Å². The van der Waals surface area contributed by atoms with Crippen molar-refractivity contribution >= 4 is 0 Å². The molecule has 5 atom stereocenters. The second-order valence-electron chi connectivity index (χ2n) is 3.02. The molecule has 0 spiro atoms. The third-order valence-electron chi connectivity index (χ3n) is 2.09. The smallest absolute Gasteiger partial charge is 0.111 e. The molecule has 1 heterocycles. The molecule has 0 aromatic rings. The van der Waals surface area contributed by atoms with Gasteiger partial charge in [0.15, 0.2) is 0 Å². The Morgan fingerprint density at radius 3 is 1.55 bits per heavy atom. The van der Waals surface area contributed by atoms with Crippen LogP contribution in [-0.2, 0) is 4.74 Å². The number of aliphatic hydroxyl groups is 3. The SMILES string of the molecule is C[C@@H]1O[C@H](C)[C@@H](O)[C@H](O)[C@@H]1O. The summed E-state index contributed by atoms with van der Waals surface area (Å²) in [5, 5.41) is 27.6. The Morgan fingerprint density at radius 2 is 1.18 bits per heavy atom. The Labute approximate surface area is 65.4 Å². The van der Waals surface area contributed by atoms with Crippen LogP contribution in [0.15, 0.2) is 0 Å². The van der Waals surface area contributed by atoms with Crippen molar-refractivity contribution in [2.24, 2.45) is 0 Å². The first-order chi connectivity index (χ1) is 5.04. The van der Waals surface area contributed by atoms with E-state index in [1.165, 1.54) is 0 Å². The fourth-order valence-corrected chi connectivity index (χ4v) is 1.26. The summed E-state index contributed by atoms with van der Waals surface area (Å²) in [5.74, 6) is 0. The molecular weight excluding hydrogens is 148 g/mol. The molecule has 0 bridgehead atoms. The summed E-state index contributed by atoms with van der Waals surface area (Å²) >= 11 is 0. The van der Waals surface area contributed by atoms with Crippen molar-refractivity contribution in [3.05, 3.63) is 0 Å². The van der Waals surface area contributed by atoms with E-state index in [9.17, 15) is 15.3 Å². The molecule has 0 radical (unpaired) electrons. The zero-order chi connectivity index (χ0) is 8.59. The van der Waals surface area contributed by atoms with Gasteiger partial charge >= 0.3 is 0 Å². The van der Waals surface area contributed by atoms with Crippen LogP contribution in [0.3, 0.4) is 0 Å². The zero-order valence-corrected chi connectivity index (χ0v) is 6.64. The highest BCUT2D eigenvalue weighted by Crippen LogP contribution is 2.19. The van der Waals surface area contributed by atoms with Crippen LogP contribution in [0.5, 0.6) is 0 Å². The van der Waals surface area contributed by atoms with Crippen LogP contribution in [0, 0.1) is 0 Å². The average Bonchev–Trinajstić information content (AvgIpc) is 1.97. The second-order valence-corrected chi connectivity index (χ2v) is 3.02. The van der Waals surface area contributed by atoms with E-state index in [-0.39, 0.29) is 0 Å². The van der Waals surface area contributed by atoms with E-state index in [2.05, 4.69) is 0 Å². The van der Waals surface area contributed by atoms with Crippen molar-refractivity contribution in [3.8, 4) is 0 Å². The van der Waals surface area contributed by atoms with Crippen molar-refractivity contribution in [1.82, 2.24) is 0 Å². The summed E-state index contributed by atoms with van der Waals surface area (Å²) in [6.45, 7) is 3.33. The summed E-state index contributed by atoms with van der Waals surface area (Å²) in [4.78, 5) is 0. The molecule has 1 aliphatic heterocycles. The zero-order valence-electron chi connectivity index (χ0n) is 6.64. The van der Waals surface area contributed by atoms with Crippen molar-refractivity contribution in [2.75, 3.05) is 0 Å². The lowest BCUT2D eigenvalue weighted by molar-refractivity contribution is -0.211. The molecule has 4 nitrogen and oxygen atoms in total.